The Morgan fingerprint density at radius 1 is 1.44 bits per heavy atom. The summed E-state index contributed by atoms with van der Waals surface area (Å²) < 4.78 is 8.48. The Labute approximate surface area is 99.8 Å². The fourth-order valence-electron chi connectivity index (χ4n) is 0. The zero-order valence-corrected chi connectivity index (χ0v) is 10.6. The van der Waals surface area contributed by atoms with Crippen molar-refractivity contribution in [2.24, 2.45) is 0 Å². The van der Waals surface area contributed by atoms with Crippen molar-refractivity contribution in [3.8, 4) is 12.3 Å². The molecular weight excluding hydrogens is 161 g/mol. The molecular formula is C3H4Na2O3P+. The maximum absolute atomic E-state index is 8.48. The van der Waals surface area contributed by atoms with Crippen molar-refractivity contribution in [1.29, 1.82) is 0 Å². The molecule has 3 nitrogen and oxygen atoms in total. The van der Waals surface area contributed by atoms with Gasteiger partial charge in [0.1, 0.15) is 0 Å². The number of terminal acetylenes is 1. The average molecular weight is 165 g/mol. The summed E-state index contributed by atoms with van der Waals surface area (Å²) in [5.74, 6) is 2.25. The third kappa shape index (κ3) is 220. The monoisotopic (exact) mass is 165 g/mol. The van der Waals surface area contributed by atoms with Crippen LogP contribution in [0.3, 0.4) is 0 Å². The maximum atomic E-state index is 8.48. The van der Waals surface area contributed by atoms with Crippen LogP contribution in [0.1, 0.15) is 6.92 Å². The third-order valence-electron chi connectivity index (χ3n) is 0. The molecule has 0 amide bonds. The van der Waals surface area contributed by atoms with Crippen molar-refractivity contribution in [2.75, 3.05) is 0 Å². The molecule has 0 aliphatic carbocycles. The van der Waals surface area contributed by atoms with Crippen LogP contribution in [-0.2, 0) is 4.57 Å². The molecule has 0 heterocycles. The van der Waals surface area contributed by atoms with Gasteiger partial charge in [0.25, 0.3) is 8.25 Å². The second-order valence-electron chi connectivity index (χ2n) is 0.512. The molecule has 0 N–H and O–H groups in total. The van der Waals surface area contributed by atoms with Gasteiger partial charge in [0.15, 0.2) is 0 Å². The van der Waals surface area contributed by atoms with Crippen LogP contribution in [0, 0.1) is 12.3 Å². The number of hydrogen-bond donors (Lipinski definition) is 0. The molecule has 0 radical (unpaired) electrons. The standard InChI is InChI=1S/C3H4.2Na.HO3P/c1-3-2;;;1-4(2)3/h1H,2H3;;;(H,1,2,3)/q;2*+1;/p-1. The molecule has 0 saturated carbocycles. The molecule has 40 valence electrons. The molecule has 0 fully saturated rings. The van der Waals surface area contributed by atoms with E-state index in [1.807, 2.05) is 0 Å². The first kappa shape index (κ1) is 22.4. The van der Waals surface area contributed by atoms with Crippen molar-refractivity contribution in [2.45, 2.75) is 6.92 Å². The van der Waals surface area contributed by atoms with Crippen LogP contribution >= 0.6 is 8.25 Å². The molecule has 0 spiro atoms. The van der Waals surface area contributed by atoms with E-state index < -0.39 is 8.25 Å². The number of hydrogen-bond acceptors (Lipinski definition) is 3. The van der Waals surface area contributed by atoms with Crippen LogP contribution in [-0.4, -0.2) is 0 Å². The molecule has 0 aliphatic rings. The van der Waals surface area contributed by atoms with Crippen molar-refractivity contribution in [1.82, 2.24) is 0 Å². The summed E-state index contributed by atoms with van der Waals surface area (Å²) in [6.07, 6.45) is 4.60. The van der Waals surface area contributed by atoms with Crippen LogP contribution in [0.2, 0.25) is 0 Å². The van der Waals surface area contributed by atoms with Gasteiger partial charge in [-0.2, -0.15) is 0 Å². The molecule has 0 aromatic carbocycles. The van der Waals surface area contributed by atoms with Crippen LogP contribution < -0.4 is 68.9 Å². The Kier molecular flexibility index (Phi) is 56.4. The van der Waals surface area contributed by atoms with Gasteiger partial charge in [0.2, 0.25) is 0 Å². The van der Waals surface area contributed by atoms with Crippen LogP contribution in [0.4, 0.5) is 0 Å². The maximum Gasteiger partial charge on any atom is 1.00 e. The Morgan fingerprint density at radius 2 is 1.44 bits per heavy atom. The summed E-state index contributed by atoms with van der Waals surface area (Å²) in [5, 5.41) is 0. The number of rotatable bonds is 0. The van der Waals surface area contributed by atoms with Gasteiger partial charge in [-0.25, -0.2) is 0 Å². The van der Waals surface area contributed by atoms with Gasteiger partial charge in [-0.05, 0) is 6.92 Å². The largest absolute Gasteiger partial charge is 1.00 e. The minimum atomic E-state index is -3.37. The molecule has 0 atom stereocenters. The summed E-state index contributed by atoms with van der Waals surface area (Å²) in [7, 11) is -3.37. The van der Waals surface area contributed by atoms with Gasteiger partial charge in [0.05, 0.1) is 0 Å². The van der Waals surface area contributed by atoms with Gasteiger partial charge in [-0.3, -0.25) is 0 Å². The molecule has 0 aliphatic heterocycles. The molecule has 9 heavy (non-hydrogen) atoms. The first-order valence-corrected chi connectivity index (χ1v) is 2.43. The van der Waals surface area contributed by atoms with E-state index in [0.29, 0.717) is 0 Å². The second kappa shape index (κ2) is 22.7. The quantitative estimate of drug-likeness (QED) is 0.203. The van der Waals surface area contributed by atoms with Crippen molar-refractivity contribution in [3.05, 3.63) is 0 Å². The zero-order chi connectivity index (χ0) is 6.28. The molecule has 0 aromatic rings. The summed E-state index contributed by atoms with van der Waals surface area (Å²) >= 11 is 0. The normalized spacial score (nSPS) is 3.78. The minimum absolute atomic E-state index is 0. The fourth-order valence-corrected chi connectivity index (χ4v) is 0. The van der Waals surface area contributed by atoms with Gasteiger partial charge >= 0.3 is 59.1 Å². The second-order valence-corrected chi connectivity index (χ2v) is 0.959. The van der Waals surface area contributed by atoms with Crippen molar-refractivity contribution < 1.29 is 73.5 Å². The Balaban J connectivity index is -0.0000000233. The van der Waals surface area contributed by atoms with Gasteiger partial charge in [-0.15, -0.1) is 12.3 Å². The first-order chi connectivity index (χ1) is 3.15. The Hall–Kier alpha value is 1.58. The SMILES string of the molecule is C#CC.O=[P+]([O-])[O-].[Na+].[Na+]. The molecule has 0 bridgehead atoms. The fraction of sp³-hybridized carbons (Fsp3) is 0.333. The van der Waals surface area contributed by atoms with Gasteiger partial charge < -0.3 is 9.79 Å². The van der Waals surface area contributed by atoms with Crippen LogP contribution in [0.15, 0.2) is 0 Å². The topological polar surface area (TPSA) is 63.2 Å². The minimum Gasteiger partial charge on any atom is -0.598 e. The van der Waals surface area contributed by atoms with Crippen LogP contribution in [0.25, 0.3) is 0 Å². The zero-order valence-electron chi connectivity index (χ0n) is 5.75. The van der Waals surface area contributed by atoms with E-state index in [2.05, 4.69) is 12.3 Å². The van der Waals surface area contributed by atoms with E-state index in [-0.39, 0.29) is 59.1 Å². The van der Waals surface area contributed by atoms with E-state index in [9.17, 15) is 0 Å². The van der Waals surface area contributed by atoms with E-state index in [1.54, 1.807) is 6.92 Å². The van der Waals surface area contributed by atoms with Crippen LogP contribution in [0.5, 0.6) is 0 Å². The van der Waals surface area contributed by atoms with E-state index in [0.717, 1.165) is 0 Å². The predicted molar refractivity (Wildman–Crippen MR) is 22.1 cm³/mol. The summed E-state index contributed by atoms with van der Waals surface area (Å²) in [6.45, 7) is 1.65. The predicted octanol–water partition coefficient (Wildman–Crippen LogP) is -6.99. The summed E-state index contributed by atoms with van der Waals surface area (Å²) in [4.78, 5) is 17.0. The van der Waals surface area contributed by atoms with E-state index in [1.165, 1.54) is 0 Å². The Morgan fingerprint density at radius 3 is 1.44 bits per heavy atom. The molecule has 6 heteroatoms. The van der Waals surface area contributed by atoms with Crippen molar-refractivity contribution in [3.63, 3.8) is 0 Å². The summed E-state index contributed by atoms with van der Waals surface area (Å²) in [5.41, 5.74) is 0. The average Bonchev–Trinajstić information content (AvgIpc) is 1.33. The Bertz CT molecular complexity index is 85.5. The first-order valence-electron chi connectivity index (χ1n) is 1.34. The molecule has 0 rings (SSSR count). The van der Waals surface area contributed by atoms with E-state index in [4.69, 9.17) is 14.4 Å². The molecule has 0 aromatic heterocycles. The molecule has 0 unspecified atom stereocenters. The smallest absolute Gasteiger partial charge is 0.598 e. The van der Waals surface area contributed by atoms with Gasteiger partial charge in [0, 0.05) is 0 Å². The summed E-state index contributed by atoms with van der Waals surface area (Å²) in [6, 6.07) is 0. The third-order valence-corrected chi connectivity index (χ3v) is 0. The van der Waals surface area contributed by atoms with E-state index >= 15 is 0 Å². The van der Waals surface area contributed by atoms with Crippen molar-refractivity contribution >= 4 is 8.25 Å². The van der Waals surface area contributed by atoms with Gasteiger partial charge in [-0.1, -0.05) is 4.57 Å². The molecule has 0 saturated heterocycles.